The number of aromatic carboxylic acids is 1. The highest BCUT2D eigenvalue weighted by atomic mass is 79.9. The Balaban J connectivity index is 2.19. The molecule has 0 amide bonds. The molecule has 1 aromatic heterocycles. The van der Waals surface area contributed by atoms with Gasteiger partial charge in [-0.15, -0.1) is 0 Å². The molecular weight excluding hydrogens is 403 g/mol. The Labute approximate surface area is 147 Å². The van der Waals surface area contributed by atoms with Crippen LogP contribution in [0.3, 0.4) is 0 Å². The van der Waals surface area contributed by atoms with Crippen molar-refractivity contribution in [2.45, 2.75) is 6.42 Å². The van der Waals surface area contributed by atoms with Gasteiger partial charge in [0.1, 0.15) is 17.2 Å². The quantitative estimate of drug-likeness (QED) is 0.684. The second kappa shape index (κ2) is 6.36. The average molecular weight is 412 g/mol. The van der Waals surface area contributed by atoms with E-state index in [2.05, 4.69) is 20.9 Å². The van der Waals surface area contributed by atoms with Crippen LogP contribution in [-0.4, -0.2) is 16.1 Å². The van der Waals surface area contributed by atoms with Gasteiger partial charge < -0.3 is 10.1 Å². The Morgan fingerprint density at radius 2 is 1.84 bits per heavy atom. The van der Waals surface area contributed by atoms with E-state index in [0.29, 0.717) is 4.47 Å². The molecule has 0 radical (unpaired) electrons. The number of aromatic nitrogens is 1. The molecule has 0 atom stereocenters. The first-order valence-corrected chi connectivity index (χ1v) is 7.78. The molecule has 4 nitrogen and oxygen atoms in total. The van der Waals surface area contributed by atoms with E-state index in [0.717, 1.165) is 12.3 Å². The molecule has 3 aromatic rings. The topological polar surface area (TPSA) is 70.2 Å². The maximum absolute atomic E-state index is 14.6. The van der Waals surface area contributed by atoms with Crippen molar-refractivity contribution in [1.29, 1.82) is 0 Å². The molecule has 3 rings (SSSR count). The number of rotatable bonds is 3. The number of pyridine rings is 1. The van der Waals surface area contributed by atoms with Crippen molar-refractivity contribution in [3.8, 4) is 0 Å². The van der Waals surface area contributed by atoms with Gasteiger partial charge in [-0.2, -0.15) is 0 Å². The fourth-order valence-corrected chi connectivity index (χ4v) is 2.87. The summed E-state index contributed by atoms with van der Waals surface area (Å²) < 4.78 is 43.4. The van der Waals surface area contributed by atoms with Gasteiger partial charge in [0.05, 0.1) is 10.9 Å². The van der Waals surface area contributed by atoms with Crippen LogP contribution in [0.15, 0.2) is 39.7 Å². The first-order chi connectivity index (χ1) is 11.8. The first-order valence-electron chi connectivity index (χ1n) is 6.99. The van der Waals surface area contributed by atoms with Crippen molar-refractivity contribution < 1.29 is 23.1 Å². The highest BCUT2D eigenvalue weighted by Crippen LogP contribution is 2.25. The molecule has 0 bridgehead atoms. The van der Waals surface area contributed by atoms with Gasteiger partial charge in [-0.25, -0.2) is 18.0 Å². The van der Waals surface area contributed by atoms with Gasteiger partial charge in [-0.1, -0.05) is 22.0 Å². The van der Waals surface area contributed by atoms with E-state index in [4.69, 9.17) is 5.11 Å². The number of aromatic amines is 1. The minimum Gasteiger partial charge on any atom is -0.477 e. The summed E-state index contributed by atoms with van der Waals surface area (Å²) in [5.74, 6) is -4.16. The summed E-state index contributed by atoms with van der Waals surface area (Å²) >= 11 is 3.10. The van der Waals surface area contributed by atoms with Crippen molar-refractivity contribution in [2.75, 3.05) is 0 Å². The number of H-pyrrole nitrogens is 1. The van der Waals surface area contributed by atoms with Crippen LogP contribution in [-0.2, 0) is 6.42 Å². The predicted molar refractivity (Wildman–Crippen MR) is 88.4 cm³/mol. The van der Waals surface area contributed by atoms with Crippen molar-refractivity contribution in [2.24, 2.45) is 0 Å². The van der Waals surface area contributed by atoms with Crippen LogP contribution >= 0.6 is 15.9 Å². The molecule has 0 aliphatic carbocycles. The maximum Gasteiger partial charge on any atom is 0.341 e. The Morgan fingerprint density at radius 3 is 2.48 bits per heavy atom. The summed E-state index contributed by atoms with van der Waals surface area (Å²) in [4.78, 5) is 25.3. The summed E-state index contributed by atoms with van der Waals surface area (Å²) in [6.45, 7) is 0. The zero-order chi connectivity index (χ0) is 18.3. The van der Waals surface area contributed by atoms with Crippen LogP contribution < -0.4 is 5.43 Å². The molecule has 0 aliphatic rings. The van der Waals surface area contributed by atoms with E-state index in [-0.39, 0.29) is 17.5 Å². The maximum atomic E-state index is 14.6. The van der Waals surface area contributed by atoms with Gasteiger partial charge in [0, 0.05) is 17.1 Å². The predicted octanol–water partition coefficient (Wildman–Crippen LogP) is 4.00. The van der Waals surface area contributed by atoms with Crippen molar-refractivity contribution in [1.82, 2.24) is 4.98 Å². The van der Waals surface area contributed by atoms with Gasteiger partial charge >= 0.3 is 5.97 Å². The summed E-state index contributed by atoms with van der Waals surface area (Å²) in [5.41, 5.74) is -2.30. The normalized spacial score (nSPS) is 11.0. The number of carboxylic acid groups (broad SMARTS) is 1. The molecule has 128 valence electrons. The van der Waals surface area contributed by atoms with E-state index in [1.165, 1.54) is 12.1 Å². The van der Waals surface area contributed by atoms with Gasteiger partial charge in [0.2, 0.25) is 5.43 Å². The van der Waals surface area contributed by atoms with E-state index in [1.807, 2.05) is 0 Å². The standard InChI is InChI=1S/C17H9BrF3NO3/c18-9-2-1-7(11(19)5-9)3-8-4-12(20)13-15(14(8)21)22-6-10(16(13)23)17(24)25/h1-2,4-6H,3H2,(H,22,23)(H,24,25). The zero-order valence-electron chi connectivity index (χ0n) is 12.4. The lowest BCUT2D eigenvalue weighted by Gasteiger charge is -2.09. The number of carbonyl (C=O) groups is 1. The monoisotopic (exact) mass is 411 g/mol. The Kier molecular flexibility index (Phi) is 4.38. The van der Waals surface area contributed by atoms with Crippen LogP contribution in [0.5, 0.6) is 0 Å². The molecule has 2 N–H and O–H groups in total. The van der Waals surface area contributed by atoms with E-state index in [1.54, 1.807) is 6.07 Å². The second-order valence-corrected chi connectivity index (χ2v) is 6.25. The van der Waals surface area contributed by atoms with E-state index >= 15 is 0 Å². The van der Waals surface area contributed by atoms with Crippen LogP contribution in [0.2, 0.25) is 0 Å². The van der Waals surface area contributed by atoms with E-state index < -0.39 is 45.3 Å². The number of halogens is 4. The van der Waals surface area contributed by atoms with Crippen LogP contribution in [0.25, 0.3) is 10.9 Å². The van der Waals surface area contributed by atoms with Crippen molar-refractivity contribution >= 4 is 32.8 Å². The lowest BCUT2D eigenvalue weighted by Crippen LogP contribution is -2.17. The molecule has 2 aromatic carbocycles. The second-order valence-electron chi connectivity index (χ2n) is 5.33. The number of hydrogen-bond donors (Lipinski definition) is 2. The van der Waals surface area contributed by atoms with Gasteiger partial charge in [-0.05, 0) is 29.3 Å². The molecule has 1 heterocycles. The third kappa shape index (κ3) is 3.05. The summed E-state index contributed by atoms with van der Waals surface area (Å²) in [5, 5.41) is 8.22. The fraction of sp³-hybridized carbons (Fsp3) is 0.0588. The van der Waals surface area contributed by atoms with Crippen molar-refractivity contribution in [3.05, 3.63) is 79.3 Å². The van der Waals surface area contributed by atoms with Crippen LogP contribution in [0.1, 0.15) is 21.5 Å². The number of hydrogen-bond acceptors (Lipinski definition) is 2. The van der Waals surface area contributed by atoms with E-state index in [9.17, 15) is 22.8 Å². The highest BCUT2D eigenvalue weighted by Gasteiger charge is 2.20. The third-order valence-corrected chi connectivity index (χ3v) is 4.24. The fourth-order valence-electron chi connectivity index (χ4n) is 2.54. The molecule has 0 unspecified atom stereocenters. The summed E-state index contributed by atoms with van der Waals surface area (Å²) in [7, 11) is 0. The molecule has 0 saturated heterocycles. The number of carboxylic acids is 1. The number of benzene rings is 2. The first kappa shape index (κ1) is 17.2. The molecule has 25 heavy (non-hydrogen) atoms. The third-order valence-electron chi connectivity index (χ3n) is 3.75. The SMILES string of the molecule is O=C(O)c1c[nH]c2c(F)c(Cc3ccc(Br)cc3F)cc(F)c2c1=O. The van der Waals surface area contributed by atoms with Gasteiger partial charge in [0.25, 0.3) is 0 Å². The van der Waals surface area contributed by atoms with Crippen LogP contribution in [0, 0.1) is 17.5 Å². The summed E-state index contributed by atoms with van der Waals surface area (Å²) in [6, 6.07) is 4.97. The van der Waals surface area contributed by atoms with Gasteiger partial charge in [0.15, 0.2) is 5.82 Å². The lowest BCUT2D eigenvalue weighted by molar-refractivity contribution is 0.0695. The molecule has 0 spiro atoms. The lowest BCUT2D eigenvalue weighted by atomic mass is 10.0. The Hall–Kier alpha value is -2.61. The Bertz CT molecular complexity index is 1080. The zero-order valence-corrected chi connectivity index (χ0v) is 14.0. The smallest absolute Gasteiger partial charge is 0.341 e. The molecule has 0 saturated carbocycles. The number of nitrogens with one attached hydrogen (secondary N) is 1. The minimum absolute atomic E-state index is 0.144. The largest absolute Gasteiger partial charge is 0.477 e. The van der Waals surface area contributed by atoms with Gasteiger partial charge in [-0.3, -0.25) is 4.79 Å². The molecule has 0 fully saturated rings. The highest BCUT2D eigenvalue weighted by molar-refractivity contribution is 9.10. The molecule has 8 heteroatoms. The summed E-state index contributed by atoms with van der Waals surface area (Å²) in [6.07, 6.45) is 0.569. The number of fused-ring (bicyclic) bond motifs is 1. The molecular formula is C17H9BrF3NO3. The average Bonchev–Trinajstić information content (AvgIpc) is 2.54. The minimum atomic E-state index is -1.55. The van der Waals surface area contributed by atoms with Crippen LogP contribution in [0.4, 0.5) is 13.2 Å². The van der Waals surface area contributed by atoms with Crippen molar-refractivity contribution in [3.63, 3.8) is 0 Å². The molecule has 0 aliphatic heterocycles. The Morgan fingerprint density at radius 1 is 1.12 bits per heavy atom.